The fourth-order valence-corrected chi connectivity index (χ4v) is 3.81. The van der Waals surface area contributed by atoms with Crippen LogP contribution in [0.2, 0.25) is 0 Å². The summed E-state index contributed by atoms with van der Waals surface area (Å²) in [4.78, 5) is 12.2. The summed E-state index contributed by atoms with van der Waals surface area (Å²) in [6, 6.07) is 16.0. The van der Waals surface area contributed by atoms with Gasteiger partial charge in [0.2, 0.25) is 5.91 Å². The lowest BCUT2D eigenvalue weighted by molar-refractivity contribution is -0.120. The van der Waals surface area contributed by atoms with Gasteiger partial charge in [0.05, 0.1) is 17.9 Å². The Labute approximate surface area is 141 Å². The molecule has 2 unspecified atom stereocenters. The molecule has 0 aromatic heterocycles. The maximum absolute atomic E-state index is 12.2. The summed E-state index contributed by atoms with van der Waals surface area (Å²) in [6.45, 7) is 2.07. The molecule has 0 saturated carbocycles. The topological polar surface area (TPSA) is 49.3 Å². The minimum atomic E-state index is -0.530. The summed E-state index contributed by atoms with van der Waals surface area (Å²) in [6.07, 6.45) is 0.0792. The van der Waals surface area contributed by atoms with E-state index < -0.39 is 6.10 Å². The molecule has 1 aliphatic carbocycles. The lowest BCUT2D eigenvalue weighted by Crippen LogP contribution is -2.34. The number of hydrogen-bond donors (Lipinski definition) is 2. The third-order valence-electron chi connectivity index (χ3n) is 4.10. The highest BCUT2D eigenvalue weighted by Gasteiger charge is 2.31. The molecule has 2 aromatic carbocycles. The number of nitrogens with one attached hydrogen (secondary N) is 1. The van der Waals surface area contributed by atoms with Crippen molar-refractivity contribution in [1.82, 2.24) is 5.32 Å². The van der Waals surface area contributed by atoms with E-state index in [2.05, 4.69) is 30.4 Å². The van der Waals surface area contributed by atoms with Gasteiger partial charge in [-0.1, -0.05) is 54.1 Å². The summed E-state index contributed by atoms with van der Waals surface area (Å²) in [5.41, 5.74) is 4.63. The number of rotatable bonds is 5. The number of amides is 1. The van der Waals surface area contributed by atoms with Crippen molar-refractivity contribution in [1.29, 1.82) is 0 Å². The molecule has 1 aliphatic rings. The van der Waals surface area contributed by atoms with E-state index in [1.54, 1.807) is 11.8 Å². The van der Waals surface area contributed by atoms with Crippen LogP contribution < -0.4 is 5.32 Å². The minimum Gasteiger partial charge on any atom is -0.390 e. The van der Waals surface area contributed by atoms with E-state index in [0.29, 0.717) is 12.2 Å². The Kier molecular flexibility index (Phi) is 5.03. The number of aliphatic hydroxyl groups excluding tert-OH is 1. The monoisotopic (exact) mass is 327 g/mol. The molecule has 0 heterocycles. The first kappa shape index (κ1) is 16.1. The van der Waals surface area contributed by atoms with Crippen molar-refractivity contribution in [2.75, 3.05) is 5.75 Å². The van der Waals surface area contributed by atoms with Gasteiger partial charge in [-0.2, -0.15) is 0 Å². The fraction of sp³-hybridized carbons (Fsp3) is 0.316. The van der Waals surface area contributed by atoms with Crippen LogP contribution in [0.3, 0.4) is 0 Å². The van der Waals surface area contributed by atoms with Crippen LogP contribution in [0.5, 0.6) is 0 Å². The van der Waals surface area contributed by atoms with Crippen molar-refractivity contribution in [3.05, 3.63) is 70.8 Å². The van der Waals surface area contributed by atoms with Gasteiger partial charge >= 0.3 is 0 Å². The van der Waals surface area contributed by atoms with Crippen molar-refractivity contribution in [3.63, 3.8) is 0 Å². The maximum Gasteiger partial charge on any atom is 0.230 e. The van der Waals surface area contributed by atoms with Gasteiger partial charge < -0.3 is 10.4 Å². The first-order valence-corrected chi connectivity index (χ1v) is 8.97. The van der Waals surface area contributed by atoms with E-state index in [1.165, 1.54) is 11.1 Å². The summed E-state index contributed by atoms with van der Waals surface area (Å²) in [5, 5.41) is 13.1. The van der Waals surface area contributed by atoms with Crippen LogP contribution in [0.15, 0.2) is 48.5 Å². The highest BCUT2D eigenvalue weighted by atomic mass is 32.2. The predicted octanol–water partition coefficient (Wildman–Crippen LogP) is 3.00. The second-order valence-corrected chi connectivity index (χ2v) is 6.98. The van der Waals surface area contributed by atoms with Crippen molar-refractivity contribution in [3.8, 4) is 0 Å². The average molecular weight is 327 g/mol. The second kappa shape index (κ2) is 7.20. The molecular weight excluding hydrogens is 306 g/mol. The van der Waals surface area contributed by atoms with Crippen LogP contribution in [-0.4, -0.2) is 22.9 Å². The highest BCUT2D eigenvalue weighted by Crippen LogP contribution is 2.31. The van der Waals surface area contributed by atoms with Crippen LogP contribution in [0.4, 0.5) is 0 Å². The second-order valence-electron chi connectivity index (χ2n) is 6.00. The summed E-state index contributed by atoms with van der Waals surface area (Å²) >= 11 is 1.60. The predicted molar refractivity (Wildman–Crippen MR) is 94.4 cm³/mol. The number of fused-ring (bicyclic) bond motifs is 1. The van der Waals surface area contributed by atoms with Crippen LogP contribution in [0.25, 0.3) is 0 Å². The lowest BCUT2D eigenvalue weighted by Gasteiger charge is -2.17. The number of aliphatic hydroxyl groups is 1. The third-order valence-corrected chi connectivity index (χ3v) is 5.11. The van der Waals surface area contributed by atoms with Crippen molar-refractivity contribution >= 4 is 17.7 Å². The third kappa shape index (κ3) is 3.95. The van der Waals surface area contributed by atoms with Gasteiger partial charge in [-0.3, -0.25) is 4.79 Å². The Balaban J connectivity index is 1.52. The molecule has 3 nitrogen and oxygen atoms in total. The first-order valence-electron chi connectivity index (χ1n) is 7.82. The van der Waals surface area contributed by atoms with E-state index in [-0.39, 0.29) is 11.9 Å². The van der Waals surface area contributed by atoms with Crippen molar-refractivity contribution in [2.45, 2.75) is 31.2 Å². The molecule has 0 bridgehead atoms. The Hall–Kier alpha value is -1.78. The Morgan fingerprint density at radius 3 is 2.91 bits per heavy atom. The van der Waals surface area contributed by atoms with Gasteiger partial charge in [0.1, 0.15) is 0 Å². The molecule has 0 spiro atoms. The molecule has 2 atom stereocenters. The zero-order valence-electron chi connectivity index (χ0n) is 13.2. The number of carbonyl (C=O) groups is 1. The number of hydrogen-bond acceptors (Lipinski definition) is 3. The molecule has 0 fully saturated rings. The zero-order valence-corrected chi connectivity index (χ0v) is 14.0. The molecule has 1 amide bonds. The van der Waals surface area contributed by atoms with Crippen LogP contribution in [0, 0.1) is 6.92 Å². The standard InChI is InChI=1S/C19H21NO2S/c1-13-5-4-6-14(9-13)11-23-12-18(22)20-19-16-8-3-2-7-15(16)10-17(19)21/h2-9,17,19,21H,10-12H2,1H3,(H,20,22). The van der Waals surface area contributed by atoms with E-state index in [0.717, 1.165) is 16.9 Å². The maximum atomic E-state index is 12.2. The SMILES string of the molecule is Cc1cccc(CSCC(=O)NC2c3ccccc3CC2O)c1. The number of thioether (sulfide) groups is 1. The zero-order chi connectivity index (χ0) is 16.2. The minimum absolute atomic E-state index is 0.0246. The van der Waals surface area contributed by atoms with Gasteiger partial charge in [0, 0.05) is 12.2 Å². The molecule has 4 heteroatoms. The van der Waals surface area contributed by atoms with Gasteiger partial charge in [-0.25, -0.2) is 0 Å². The van der Waals surface area contributed by atoms with Crippen molar-refractivity contribution in [2.24, 2.45) is 0 Å². The molecule has 23 heavy (non-hydrogen) atoms. The summed E-state index contributed by atoms with van der Waals surface area (Å²) in [5.74, 6) is 1.20. The van der Waals surface area contributed by atoms with E-state index in [9.17, 15) is 9.90 Å². The lowest BCUT2D eigenvalue weighted by atomic mass is 10.1. The molecule has 2 aromatic rings. The highest BCUT2D eigenvalue weighted by molar-refractivity contribution is 7.99. The van der Waals surface area contributed by atoms with Crippen LogP contribution >= 0.6 is 11.8 Å². The van der Waals surface area contributed by atoms with E-state index in [1.807, 2.05) is 30.3 Å². The Bertz CT molecular complexity index is 701. The largest absolute Gasteiger partial charge is 0.390 e. The molecule has 120 valence electrons. The molecule has 0 radical (unpaired) electrons. The Morgan fingerprint density at radius 2 is 2.09 bits per heavy atom. The van der Waals surface area contributed by atoms with Gasteiger partial charge in [0.15, 0.2) is 0 Å². The van der Waals surface area contributed by atoms with Gasteiger partial charge in [0.25, 0.3) is 0 Å². The number of aryl methyl sites for hydroxylation is 1. The molecular formula is C19H21NO2S. The van der Waals surface area contributed by atoms with Gasteiger partial charge in [-0.05, 0) is 23.6 Å². The molecule has 0 aliphatic heterocycles. The molecule has 0 saturated heterocycles. The number of carbonyl (C=O) groups excluding carboxylic acids is 1. The number of benzene rings is 2. The Morgan fingerprint density at radius 1 is 1.26 bits per heavy atom. The quantitative estimate of drug-likeness (QED) is 0.887. The smallest absolute Gasteiger partial charge is 0.230 e. The normalized spacial score (nSPS) is 19.4. The van der Waals surface area contributed by atoms with Crippen LogP contribution in [-0.2, 0) is 17.0 Å². The van der Waals surface area contributed by atoms with Gasteiger partial charge in [-0.15, -0.1) is 11.8 Å². The van der Waals surface area contributed by atoms with E-state index in [4.69, 9.17) is 0 Å². The summed E-state index contributed by atoms with van der Waals surface area (Å²) < 4.78 is 0. The van der Waals surface area contributed by atoms with Crippen LogP contribution in [0.1, 0.15) is 28.3 Å². The summed E-state index contributed by atoms with van der Waals surface area (Å²) in [7, 11) is 0. The molecule has 3 rings (SSSR count). The van der Waals surface area contributed by atoms with E-state index >= 15 is 0 Å². The fourth-order valence-electron chi connectivity index (χ4n) is 3.03. The average Bonchev–Trinajstić information content (AvgIpc) is 2.83. The first-order chi connectivity index (χ1) is 11.1. The molecule has 2 N–H and O–H groups in total. The van der Waals surface area contributed by atoms with Crippen molar-refractivity contribution < 1.29 is 9.90 Å².